The Hall–Kier alpha value is -0.380. The van der Waals surface area contributed by atoms with Gasteiger partial charge in [-0.2, -0.15) is 0 Å². The van der Waals surface area contributed by atoms with Crippen molar-refractivity contribution in [1.82, 2.24) is 0 Å². The first kappa shape index (κ1) is 11.1. The van der Waals surface area contributed by atoms with Crippen LogP contribution in [0.4, 0.5) is 0 Å². The molecule has 84 valence electrons. The van der Waals surface area contributed by atoms with Crippen LogP contribution in [-0.2, 0) is 4.74 Å². The Labute approximate surface area is 94.9 Å². The van der Waals surface area contributed by atoms with Gasteiger partial charge in [0.15, 0.2) is 0 Å². The fourth-order valence-corrected chi connectivity index (χ4v) is 3.06. The molecule has 1 N–H and O–H groups in total. The molecule has 1 aromatic heterocycles. The molecule has 0 aliphatic carbocycles. The maximum Gasteiger partial charge on any atom is 0.0887 e. The summed E-state index contributed by atoms with van der Waals surface area (Å²) in [6, 6.07) is 2.08. The van der Waals surface area contributed by atoms with Crippen molar-refractivity contribution >= 4 is 11.3 Å². The quantitative estimate of drug-likeness (QED) is 0.858. The summed E-state index contributed by atoms with van der Waals surface area (Å²) in [5.74, 6) is 0.634. The minimum Gasteiger partial charge on any atom is -0.388 e. The minimum absolute atomic E-state index is 0.270. The second kappa shape index (κ2) is 5.10. The molecule has 1 unspecified atom stereocenters. The molecule has 2 heterocycles. The first-order valence-corrected chi connectivity index (χ1v) is 6.45. The Morgan fingerprint density at radius 2 is 2.27 bits per heavy atom. The van der Waals surface area contributed by atoms with E-state index in [-0.39, 0.29) is 6.10 Å². The van der Waals surface area contributed by atoms with E-state index in [1.54, 1.807) is 11.3 Å². The molecule has 1 atom stereocenters. The van der Waals surface area contributed by atoms with Gasteiger partial charge in [-0.05, 0) is 49.1 Å². The molecule has 15 heavy (non-hydrogen) atoms. The lowest BCUT2D eigenvalue weighted by molar-refractivity contribution is 0.0441. The highest BCUT2D eigenvalue weighted by molar-refractivity contribution is 7.10. The van der Waals surface area contributed by atoms with Crippen LogP contribution in [0.5, 0.6) is 0 Å². The lowest BCUT2D eigenvalue weighted by Crippen LogP contribution is -2.17. The largest absolute Gasteiger partial charge is 0.388 e. The average molecular weight is 226 g/mol. The smallest absolute Gasteiger partial charge is 0.0887 e. The van der Waals surface area contributed by atoms with E-state index in [2.05, 4.69) is 18.4 Å². The number of aliphatic hydroxyl groups is 1. The summed E-state index contributed by atoms with van der Waals surface area (Å²) in [7, 11) is 0. The summed E-state index contributed by atoms with van der Waals surface area (Å²) in [4.78, 5) is 1.14. The monoisotopic (exact) mass is 226 g/mol. The normalized spacial score (nSPS) is 20.4. The third-order valence-corrected chi connectivity index (χ3v) is 4.22. The van der Waals surface area contributed by atoms with Crippen LogP contribution < -0.4 is 0 Å². The van der Waals surface area contributed by atoms with Crippen molar-refractivity contribution in [3.05, 3.63) is 21.9 Å². The average Bonchev–Trinajstić information content (AvgIpc) is 2.66. The lowest BCUT2D eigenvalue weighted by atomic mass is 9.92. The van der Waals surface area contributed by atoms with E-state index in [0.717, 1.165) is 37.4 Å². The van der Waals surface area contributed by atoms with Gasteiger partial charge in [0.05, 0.1) is 6.10 Å². The summed E-state index contributed by atoms with van der Waals surface area (Å²) >= 11 is 1.66. The molecule has 0 radical (unpaired) electrons. The lowest BCUT2D eigenvalue weighted by Gasteiger charge is -2.24. The topological polar surface area (TPSA) is 29.5 Å². The van der Waals surface area contributed by atoms with Crippen LogP contribution in [0, 0.1) is 12.8 Å². The number of aliphatic hydroxyl groups excluding tert-OH is 1. The SMILES string of the molecule is Cc1ccsc1C(O)CC1CCOCC1. The molecule has 1 aromatic rings. The fourth-order valence-electron chi connectivity index (χ4n) is 2.13. The molecule has 2 nitrogen and oxygen atoms in total. The molecule has 0 amide bonds. The molecule has 0 bridgehead atoms. The van der Waals surface area contributed by atoms with Gasteiger partial charge in [0.1, 0.15) is 0 Å². The predicted molar refractivity (Wildman–Crippen MR) is 62.2 cm³/mol. The molecule has 0 saturated carbocycles. The van der Waals surface area contributed by atoms with Crippen molar-refractivity contribution in [1.29, 1.82) is 0 Å². The van der Waals surface area contributed by atoms with Gasteiger partial charge in [0.25, 0.3) is 0 Å². The Kier molecular flexibility index (Phi) is 3.78. The standard InChI is InChI=1S/C12H18O2S/c1-9-4-7-15-12(9)11(13)8-10-2-5-14-6-3-10/h4,7,10-11,13H,2-3,5-6,8H2,1H3. The zero-order chi connectivity index (χ0) is 10.7. The molecule has 1 saturated heterocycles. The predicted octanol–water partition coefficient (Wildman–Crippen LogP) is 2.91. The van der Waals surface area contributed by atoms with Crippen molar-refractivity contribution in [2.24, 2.45) is 5.92 Å². The van der Waals surface area contributed by atoms with E-state index in [0.29, 0.717) is 5.92 Å². The number of rotatable bonds is 3. The van der Waals surface area contributed by atoms with Gasteiger partial charge in [-0.1, -0.05) is 0 Å². The number of thiophene rings is 1. The van der Waals surface area contributed by atoms with Crippen molar-refractivity contribution in [2.45, 2.75) is 32.3 Å². The second-order valence-electron chi connectivity index (χ2n) is 4.28. The van der Waals surface area contributed by atoms with Crippen molar-refractivity contribution in [2.75, 3.05) is 13.2 Å². The zero-order valence-electron chi connectivity index (χ0n) is 9.11. The van der Waals surface area contributed by atoms with Gasteiger partial charge < -0.3 is 9.84 Å². The first-order valence-electron chi connectivity index (χ1n) is 5.57. The van der Waals surface area contributed by atoms with Crippen LogP contribution in [0.25, 0.3) is 0 Å². The molecular weight excluding hydrogens is 208 g/mol. The highest BCUT2D eigenvalue weighted by atomic mass is 32.1. The molecule has 3 heteroatoms. The van der Waals surface area contributed by atoms with Crippen LogP contribution in [-0.4, -0.2) is 18.3 Å². The minimum atomic E-state index is -0.270. The van der Waals surface area contributed by atoms with Gasteiger partial charge in [-0.25, -0.2) is 0 Å². The van der Waals surface area contributed by atoms with E-state index < -0.39 is 0 Å². The molecule has 2 rings (SSSR count). The van der Waals surface area contributed by atoms with E-state index in [1.165, 1.54) is 5.56 Å². The number of hydrogen-bond donors (Lipinski definition) is 1. The maximum absolute atomic E-state index is 10.1. The van der Waals surface area contributed by atoms with Crippen molar-refractivity contribution < 1.29 is 9.84 Å². The van der Waals surface area contributed by atoms with E-state index >= 15 is 0 Å². The maximum atomic E-state index is 10.1. The molecule has 0 aromatic carbocycles. The Bertz CT molecular complexity index is 302. The summed E-state index contributed by atoms with van der Waals surface area (Å²) < 4.78 is 5.32. The fraction of sp³-hybridized carbons (Fsp3) is 0.667. The Balaban J connectivity index is 1.91. The number of hydrogen-bond acceptors (Lipinski definition) is 3. The second-order valence-corrected chi connectivity index (χ2v) is 5.22. The van der Waals surface area contributed by atoms with Gasteiger partial charge in [-0.15, -0.1) is 11.3 Å². The van der Waals surface area contributed by atoms with Crippen LogP contribution in [0.3, 0.4) is 0 Å². The molecule has 1 fully saturated rings. The highest BCUT2D eigenvalue weighted by Crippen LogP contribution is 2.31. The summed E-state index contributed by atoms with van der Waals surface area (Å²) in [6.07, 6.45) is 2.82. The molecular formula is C12H18O2S. The third-order valence-electron chi connectivity index (χ3n) is 3.10. The van der Waals surface area contributed by atoms with Crippen LogP contribution in [0.1, 0.15) is 35.8 Å². The van der Waals surface area contributed by atoms with Gasteiger partial charge in [0.2, 0.25) is 0 Å². The Morgan fingerprint density at radius 3 is 2.87 bits per heavy atom. The molecule has 1 aliphatic heterocycles. The molecule has 0 spiro atoms. The van der Waals surface area contributed by atoms with E-state index in [9.17, 15) is 5.11 Å². The van der Waals surface area contributed by atoms with Crippen LogP contribution in [0.15, 0.2) is 11.4 Å². The molecule has 1 aliphatic rings. The van der Waals surface area contributed by atoms with Crippen molar-refractivity contribution in [3.8, 4) is 0 Å². The third kappa shape index (κ3) is 2.80. The first-order chi connectivity index (χ1) is 7.27. The van der Waals surface area contributed by atoms with E-state index in [4.69, 9.17) is 4.74 Å². The summed E-state index contributed by atoms with van der Waals surface area (Å²) in [6.45, 7) is 3.79. The zero-order valence-corrected chi connectivity index (χ0v) is 9.93. The van der Waals surface area contributed by atoms with Crippen LogP contribution >= 0.6 is 11.3 Å². The number of aryl methyl sites for hydroxylation is 1. The van der Waals surface area contributed by atoms with Gasteiger partial charge in [-0.3, -0.25) is 0 Å². The highest BCUT2D eigenvalue weighted by Gasteiger charge is 2.20. The van der Waals surface area contributed by atoms with E-state index in [1.807, 2.05) is 0 Å². The number of ether oxygens (including phenoxy) is 1. The van der Waals surface area contributed by atoms with Gasteiger partial charge >= 0.3 is 0 Å². The van der Waals surface area contributed by atoms with Crippen LogP contribution in [0.2, 0.25) is 0 Å². The Morgan fingerprint density at radius 1 is 1.53 bits per heavy atom. The van der Waals surface area contributed by atoms with Crippen molar-refractivity contribution in [3.63, 3.8) is 0 Å². The summed E-state index contributed by atoms with van der Waals surface area (Å²) in [5.41, 5.74) is 1.22. The summed E-state index contributed by atoms with van der Waals surface area (Å²) in [5, 5.41) is 12.2. The van der Waals surface area contributed by atoms with Gasteiger partial charge in [0, 0.05) is 18.1 Å².